The monoisotopic (exact) mass is 406 g/mol. The van der Waals surface area contributed by atoms with Crippen LogP contribution < -0.4 is 0 Å². The molecule has 2 atom stereocenters. The highest BCUT2D eigenvalue weighted by atomic mass is 35.5. The Hall–Kier alpha value is -3.18. The first-order chi connectivity index (χ1) is 14.1. The van der Waals surface area contributed by atoms with Gasteiger partial charge in [0.2, 0.25) is 0 Å². The number of hydrogen-bond donors (Lipinski definition) is 1. The summed E-state index contributed by atoms with van der Waals surface area (Å²) in [6, 6.07) is 17.0. The highest BCUT2D eigenvalue weighted by molar-refractivity contribution is 6.31. The minimum Gasteiger partial charge on any atom is -0.480 e. The van der Waals surface area contributed by atoms with Crippen LogP contribution in [0.3, 0.4) is 0 Å². The molecule has 1 aliphatic heterocycles. The van der Waals surface area contributed by atoms with E-state index in [4.69, 9.17) is 11.6 Å². The highest BCUT2D eigenvalue weighted by Gasteiger charge is 2.42. The summed E-state index contributed by atoms with van der Waals surface area (Å²) >= 11 is 6.34. The van der Waals surface area contributed by atoms with E-state index in [1.54, 1.807) is 30.6 Å². The lowest BCUT2D eigenvalue weighted by molar-refractivity contribution is -0.141. The Morgan fingerprint density at radius 2 is 1.72 bits per heavy atom. The summed E-state index contributed by atoms with van der Waals surface area (Å²) in [7, 11) is 0. The molecule has 0 aliphatic carbocycles. The first-order valence-electron chi connectivity index (χ1n) is 9.36. The van der Waals surface area contributed by atoms with Gasteiger partial charge in [-0.25, -0.2) is 4.79 Å². The van der Waals surface area contributed by atoms with Gasteiger partial charge in [-0.05, 0) is 53.8 Å². The molecule has 0 unspecified atom stereocenters. The van der Waals surface area contributed by atoms with Gasteiger partial charge in [0, 0.05) is 23.0 Å². The second-order valence-corrected chi connectivity index (χ2v) is 7.41. The number of carboxylic acid groups (broad SMARTS) is 1. The molecule has 29 heavy (non-hydrogen) atoms. The van der Waals surface area contributed by atoms with Crippen molar-refractivity contribution in [2.24, 2.45) is 0 Å². The van der Waals surface area contributed by atoms with Crippen molar-refractivity contribution in [1.82, 2.24) is 9.88 Å². The van der Waals surface area contributed by atoms with Gasteiger partial charge < -0.3 is 10.0 Å². The number of benzene rings is 2. The van der Waals surface area contributed by atoms with Gasteiger partial charge in [-0.1, -0.05) is 48.0 Å². The molecule has 5 nitrogen and oxygen atoms in total. The van der Waals surface area contributed by atoms with Crippen molar-refractivity contribution >= 4 is 23.5 Å². The van der Waals surface area contributed by atoms with Crippen LogP contribution in [-0.4, -0.2) is 32.9 Å². The number of carbonyl (C=O) groups excluding carboxylic acids is 1. The molecule has 0 spiro atoms. The Labute approximate surface area is 173 Å². The number of aliphatic carboxylic acids is 1. The van der Waals surface area contributed by atoms with Gasteiger partial charge in [0.15, 0.2) is 0 Å². The number of rotatable bonds is 4. The predicted octanol–water partition coefficient (Wildman–Crippen LogP) is 4.83. The fourth-order valence-electron chi connectivity index (χ4n) is 3.88. The van der Waals surface area contributed by atoms with Gasteiger partial charge in [0.1, 0.15) is 6.04 Å². The number of likely N-dealkylation sites (tertiary alicyclic amines) is 1. The molecule has 1 saturated heterocycles. The van der Waals surface area contributed by atoms with Crippen LogP contribution in [0.1, 0.15) is 34.8 Å². The fourth-order valence-corrected chi connectivity index (χ4v) is 4.14. The van der Waals surface area contributed by atoms with E-state index >= 15 is 0 Å². The first-order valence-corrected chi connectivity index (χ1v) is 9.74. The Morgan fingerprint density at radius 3 is 2.38 bits per heavy atom. The molecular formula is C23H19ClN2O3. The third-order valence-corrected chi connectivity index (χ3v) is 5.64. The largest absolute Gasteiger partial charge is 0.480 e. The number of hydrogen-bond acceptors (Lipinski definition) is 3. The van der Waals surface area contributed by atoms with Gasteiger partial charge in [-0.15, -0.1) is 0 Å². The van der Waals surface area contributed by atoms with Crippen LogP contribution in [0.4, 0.5) is 0 Å². The van der Waals surface area contributed by atoms with Crippen LogP contribution in [0.5, 0.6) is 0 Å². The Bertz CT molecular complexity index is 1040. The minimum absolute atomic E-state index is 0.308. The maximum absolute atomic E-state index is 13.3. The Kier molecular flexibility index (Phi) is 5.32. The average molecular weight is 407 g/mol. The summed E-state index contributed by atoms with van der Waals surface area (Å²) in [6.07, 6.45) is 4.41. The van der Waals surface area contributed by atoms with Crippen LogP contribution in [0.2, 0.25) is 5.02 Å². The first kappa shape index (κ1) is 19.2. The standard InChI is InChI=1S/C23H19ClN2O3/c24-19-6-2-1-5-18(19)20-11-12-21(23(28)29)26(20)22(27)16-9-7-15(8-10-16)17-4-3-13-25-14-17/h1-10,13-14,20-21H,11-12H2,(H,28,29)/t20-,21+/m1/s1. The minimum atomic E-state index is -1.00. The molecule has 2 heterocycles. The van der Waals surface area contributed by atoms with Crippen molar-refractivity contribution in [2.45, 2.75) is 24.9 Å². The molecule has 1 aromatic heterocycles. The molecule has 3 aromatic rings. The van der Waals surface area contributed by atoms with Crippen molar-refractivity contribution < 1.29 is 14.7 Å². The number of pyridine rings is 1. The van der Waals surface area contributed by atoms with E-state index in [-0.39, 0.29) is 11.9 Å². The lowest BCUT2D eigenvalue weighted by atomic mass is 10.0. The van der Waals surface area contributed by atoms with E-state index in [9.17, 15) is 14.7 Å². The van der Waals surface area contributed by atoms with Crippen LogP contribution in [-0.2, 0) is 4.79 Å². The smallest absolute Gasteiger partial charge is 0.326 e. The Balaban J connectivity index is 1.67. The summed E-state index contributed by atoms with van der Waals surface area (Å²) in [5.74, 6) is -1.31. The van der Waals surface area contributed by atoms with E-state index < -0.39 is 12.0 Å². The van der Waals surface area contributed by atoms with Crippen LogP contribution in [0.15, 0.2) is 73.1 Å². The summed E-state index contributed by atoms with van der Waals surface area (Å²) in [4.78, 5) is 30.7. The zero-order valence-electron chi connectivity index (χ0n) is 15.5. The summed E-state index contributed by atoms with van der Waals surface area (Å²) in [5.41, 5.74) is 3.11. The van der Waals surface area contributed by atoms with E-state index in [2.05, 4.69) is 4.98 Å². The normalized spacial score (nSPS) is 18.6. The molecule has 4 rings (SSSR count). The van der Waals surface area contributed by atoms with Crippen molar-refractivity contribution in [1.29, 1.82) is 0 Å². The SMILES string of the molecule is O=C(O)[C@@H]1CC[C@H](c2ccccc2Cl)N1C(=O)c1ccc(-c2cccnc2)cc1. The van der Waals surface area contributed by atoms with Crippen LogP contribution >= 0.6 is 11.6 Å². The average Bonchev–Trinajstić information content (AvgIpc) is 3.19. The number of amides is 1. The quantitative estimate of drug-likeness (QED) is 0.673. The molecule has 0 bridgehead atoms. The number of aromatic nitrogens is 1. The Morgan fingerprint density at radius 1 is 0.966 bits per heavy atom. The molecule has 2 aromatic carbocycles. The van der Waals surface area contributed by atoms with Crippen LogP contribution in [0.25, 0.3) is 11.1 Å². The van der Waals surface area contributed by atoms with E-state index in [0.717, 1.165) is 16.7 Å². The molecule has 146 valence electrons. The predicted molar refractivity (Wildman–Crippen MR) is 111 cm³/mol. The molecule has 1 aliphatic rings. The zero-order valence-corrected chi connectivity index (χ0v) is 16.3. The van der Waals surface area contributed by atoms with E-state index in [1.165, 1.54) is 4.90 Å². The molecular weight excluding hydrogens is 388 g/mol. The fraction of sp³-hybridized carbons (Fsp3) is 0.174. The van der Waals surface area contributed by atoms with Gasteiger partial charge in [-0.3, -0.25) is 9.78 Å². The topological polar surface area (TPSA) is 70.5 Å². The highest BCUT2D eigenvalue weighted by Crippen LogP contribution is 2.40. The number of nitrogens with zero attached hydrogens (tertiary/aromatic N) is 2. The van der Waals surface area contributed by atoms with Gasteiger partial charge in [0.25, 0.3) is 5.91 Å². The lowest BCUT2D eigenvalue weighted by Crippen LogP contribution is -2.41. The van der Waals surface area contributed by atoms with Gasteiger partial charge in [0.05, 0.1) is 6.04 Å². The molecule has 0 saturated carbocycles. The van der Waals surface area contributed by atoms with E-state index in [1.807, 2.05) is 42.5 Å². The van der Waals surface area contributed by atoms with Gasteiger partial charge >= 0.3 is 5.97 Å². The molecule has 6 heteroatoms. The van der Waals surface area contributed by atoms with Crippen molar-refractivity contribution in [3.8, 4) is 11.1 Å². The van der Waals surface area contributed by atoms with Crippen LogP contribution in [0, 0.1) is 0 Å². The van der Waals surface area contributed by atoms with E-state index in [0.29, 0.717) is 23.4 Å². The van der Waals surface area contributed by atoms with Gasteiger partial charge in [-0.2, -0.15) is 0 Å². The zero-order chi connectivity index (χ0) is 20.4. The summed E-state index contributed by atoms with van der Waals surface area (Å²) in [5, 5.41) is 10.2. The molecule has 0 radical (unpaired) electrons. The molecule has 1 fully saturated rings. The van der Waals surface area contributed by atoms with Crippen molar-refractivity contribution in [2.75, 3.05) is 0 Å². The third-order valence-electron chi connectivity index (χ3n) is 5.30. The maximum atomic E-state index is 13.3. The second kappa shape index (κ2) is 8.05. The number of carbonyl (C=O) groups is 2. The molecule has 1 N–H and O–H groups in total. The van der Waals surface area contributed by atoms with Crippen molar-refractivity contribution in [3.05, 3.63) is 89.2 Å². The number of carboxylic acids is 1. The summed E-state index contributed by atoms with van der Waals surface area (Å²) < 4.78 is 0. The number of halogens is 1. The lowest BCUT2D eigenvalue weighted by Gasteiger charge is -2.29. The summed E-state index contributed by atoms with van der Waals surface area (Å²) in [6.45, 7) is 0. The molecule has 1 amide bonds. The second-order valence-electron chi connectivity index (χ2n) is 7.00. The maximum Gasteiger partial charge on any atom is 0.326 e. The third kappa shape index (κ3) is 3.74. The van der Waals surface area contributed by atoms with Crippen molar-refractivity contribution in [3.63, 3.8) is 0 Å².